The van der Waals surface area contributed by atoms with E-state index in [9.17, 15) is 36.7 Å². The lowest BCUT2D eigenvalue weighted by Crippen LogP contribution is -2.50. The van der Waals surface area contributed by atoms with Gasteiger partial charge in [-0.15, -0.1) is 0 Å². The number of carbonyl (C=O) groups is 4. The summed E-state index contributed by atoms with van der Waals surface area (Å²) >= 11 is 0. The number of allylic oxidation sites excluding steroid dienone is 3. The quantitative estimate of drug-likeness (QED) is 0.493. The van der Waals surface area contributed by atoms with Gasteiger partial charge in [-0.25, -0.2) is 9.18 Å². The summed E-state index contributed by atoms with van der Waals surface area (Å²) in [6.45, 7) is -0.432. The van der Waals surface area contributed by atoms with Gasteiger partial charge < -0.3 is 15.0 Å². The largest absolute Gasteiger partial charge is 0.436 e. The molecule has 1 saturated heterocycles. The highest BCUT2D eigenvalue weighted by molar-refractivity contribution is 6.06. The van der Waals surface area contributed by atoms with Crippen molar-refractivity contribution >= 4 is 23.7 Å². The number of fused-ring (bicyclic) bond motifs is 2. The van der Waals surface area contributed by atoms with Crippen molar-refractivity contribution in [3.05, 3.63) is 89.2 Å². The Kier molecular flexibility index (Phi) is 7.60. The number of alkyl halides is 3. The SMILES string of the molecule is C[C@H](N(Cc1ccc(F)cc1)C(=O)CN1C[C@]2(CCC3C(=O)C(NC(=O)c4ccncc4)=CC=C32)OC1=O)C(F)(F)F. The van der Waals surface area contributed by atoms with E-state index in [2.05, 4.69) is 10.3 Å². The first-order valence-corrected chi connectivity index (χ1v) is 13.1. The molecular formula is C29H26F4N4O5. The molecule has 1 spiro atoms. The Morgan fingerprint density at radius 2 is 1.83 bits per heavy atom. The second-order valence-corrected chi connectivity index (χ2v) is 10.4. The second kappa shape index (κ2) is 11.0. The topological polar surface area (TPSA) is 109 Å². The van der Waals surface area contributed by atoms with E-state index in [4.69, 9.17) is 4.74 Å². The summed E-state index contributed by atoms with van der Waals surface area (Å²) in [5, 5.41) is 2.60. The van der Waals surface area contributed by atoms with Crippen LogP contribution in [0.3, 0.4) is 0 Å². The molecule has 220 valence electrons. The molecule has 2 fully saturated rings. The Balaban J connectivity index is 1.31. The van der Waals surface area contributed by atoms with Gasteiger partial charge in [-0.3, -0.25) is 24.3 Å². The van der Waals surface area contributed by atoms with E-state index in [0.717, 1.165) is 24.0 Å². The number of nitrogens with one attached hydrogen (secondary N) is 1. The highest BCUT2D eigenvalue weighted by Crippen LogP contribution is 2.48. The number of Topliss-reactive ketones (excluding diaryl/α,β-unsaturated/α-hetero) is 1. The zero-order valence-electron chi connectivity index (χ0n) is 22.4. The molecule has 9 nitrogen and oxygen atoms in total. The predicted octanol–water partition coefficient (Wildman–Crippen LogP) is 3.92. The summed E-state index contributed by atoms with van der Waals surface area (Å²) in [5.74, 6) is -3.07. The van der Waals surface area contributed by atoms with Crippen molar-refractivity contribution in [1.82, 2.24) is 20.1 Å². The van der Waals surface area contributed by atoms with Crippen LogP contribution in [-0.2, 0) is 20.9 Å². The van der Waals surface area contributed by atoms with Gasteiger partial charge in [0.25, 0.3) is 5.91 Å². The Labute approximate surface area is 237 Å². The van der Waals surface area contributed by atoms with Crippen LogP contribution >= 0.6 is 0 Å². The Morgan fingerprint density at radius 1 is 1.14 bits per heavy atom. The van der Waals surface area contributed by atoms with Crippen molar-refractivity contribution in [2.24, 2.45) is 5.92 Å². The van der Waals surface area contributed by atoms with Gasteiger partial charge in [0.15, 0.2) is 11.4 Å². The summed E-state index contributed by atoms with van der Waals surface area (Å²) < 4.78 is 59.9. The highest BCUT2D eigenvalue weighted by Gasteiger charge is 2.56. The first kappa shape index (κ1) is 29.0. The Bertz CT molecular complexity index is 1480. The van der Waals surface area contributed by atoms with Crippen LogP contribution in [0.2, 0.25) is 0 Å². The number of ether oxygens (including phenoxy) is 1. The normalized spacial score (nSPS) is 22.3. The van der Waals surface area contributed by atoms with Crippen LogP contribution in [-0.4, -0.2) is 69.4 Å². The van der Waals surface area contributed by atoms with Crippen molar-refractivity contribution in [3.8, 4) is 0 Å². The van der Waals surface area contributed by atoms with Gasteiger partial charge in [-0.1, -0.05) is 18.2 Å². The van der Waals surface area contributed by atoms with Crippen molar-refractivity contribution in [2.75, 3.05) is 13.1 Å². The lowest BCUT2D eigenvalue weighted by Gasteiger charge is -2.32. The van der Waals surface area contributed by atoms with E-state index in [0.29, 0.717) is 22.5 Å². The number of hydrogen-bond acceptors (Lipinski definition) is 6. The fourth-order valence-corrected chi connectivity index (χ4v) is 5.48. The molecule has 2 aliphatic carbocycles. The van der Waals surface area contributed by atoms with Crippen LogP contribution in [0.4, 0.5) is 22.4 Å². The van der Waals surface area contributed by atoms with Crippen LogP contribution in [0.25, 0.3) is 0 Å². The molecule has 1 aromatic heterocycles. The number of carbonyl (C=O) groups excluding carboxylic acids is 4. The minimum atomic E-state index is -4.74. The molecule has 2 aromatic rings. The van der Waals surface area contributed by atoms with Crippen LogP contribution in [0, 0.1) is 11.7 Å². The molecule has 0 radical (unpaired) electrons. The molecule has 1 unspecified atom stereocenters. The van der Waals surface area contributed by atoms with Crippen LogP contribution in [0.1, 0.15) is 35.7 Å². The van der Waals surface area contributed by atoms with E-state index >= 15 is 0 Å². The minimum Gasteiger partial charge on any atom is -0.436 e. The molecule has 2 heterocycles. The number of hydrogen-bond donors (Lipinski definition) is 1. The molecule has 1 saturated carbocycles. The molecule has 5 rings (SSSR count). The molecule has 3 amide bonds. The summed E-state index contributed by atoms with van der Waals surface area (Å²) in [5.41, 5.74) is -0.0491. The number of ketones is 1. The van der Waals surface area contributed by atoms with E-state index in [1.807, 2.05) is 0 Å². The first-order valence-electron chi connectivity index (χ1n) is 13.1. The van der Waals surface area contributed by atoms with Gasteiger partial charge in [0.2, 0.25) is 5.91 Å². The van der Waals surface area contributed by atoms with E-state index < -0.39 is 60.6 Å². The van der Waals surface area contributed by atoms with E-state index in [1.54, 1.807) is 6.08 Å². The third-order valence-electron chi connectivity index (χ3n) is 7.78. The number of rotatable bonds is 7. The molecule has 1 aliphatic heterocycles. The maximum Gasteiger partial charge on any atom is 0.411 e. The molecule has 3 aliphatic rings. The summed E-state index contributed by atoms with van der Waals surface area (Å²) in [6.07, 6.45) is 0.852. The molecular weight excluding hydrogens is 560 g/mol. The van der Waals surface area contributed by atoms with E-state index in [-0.39, 0.29) is 30.0 Å². The highest BCUT2D eigenvalue weighted by atomic mass is 19.4. The van der Waals surface area contributed by atoms with Crippen LogP contribution in [0.5, 0.6) is 0 Å². The smallest absolute Gasteiger partial charge is 0.411 e. The summed E-state index contributed by atoms with van der Waals surface area (Å²) in [4.78, 5) is 57.3. The number of benzene rings is 1. The molecule has 1 aromatic carbocycles. The van der Waals surface area contributed by atoms with Crippen LogP contribution in [0.15, 0.2) is 72.2 Å². The average Bonchev–Trinajstić information content (AvgIpc) is 3.47. The van der Waals surface area contributed by atoms with Gasteiger partial charge in [-0.2, -0.15) is 13.2 Å². The average molecular weight is 587 g/mol. The van der Waals surface area contributed by atoms with E-state index in [1.165, 1.54) is 42.7 Å². The first-order chi connectivity index (χ1) is 19.9. The molecule has 13 heteroatoms. The second-order valence-electron chi connectivity index (χ2n) is 10.4. The molecule has 0 bridgehead atoms. The lowest BCUT2D eigenvalue weighted by atomic mass is 9.85. The zero-order valence-corrected chi connectivity index (χ0v) is 22.4. The standard InChI is InChI=1S/C29H26F4N4O5/c1-17(29(31,32)33)37(14-18-2-4-20(30)5-3-18)24(38)15-36-16-28(42-27(36)41)11-8-21-22(28)6-7-23(25(21)39)35-26(40)19-9-12-34-13-10-19/h2-7,9-10,12-13,17,21H,8,11,14-16H2,1H3,(H,35,40)/t17-,21?,28-/m0/s1. The van der Waals surface area contributed by atoms with Crippen LogP contribution < -0.4 is 5.32 Å². The molecule has 1 N–H and O–H groups in total. The monoisotopic (exact) mass is 586 g/mol. The fourth-order valence-electron chi connectivity index (χ4n) is 5.48. The third kappa shape index (κ3) is 5.63. The number of pyridine rings is 1. The predicted molar refractivity (Wildman–Crippen MR) is 139 cm³/mol. The summed E-state index contributed by atoms with van der Waals surface area (Å²) in [6, 6.07) is 5.55. The Hall–Kier alpha value is -4.55. The lowest BCUT2D eigenvalue weighted by molar-refractivity contribution is -0.187. The third-order valence-corrected chi connectivity index (χ3v) is 7.78. The number of halogens is 4. The van der Waals surface area contributed by atoms with Gasteiger partial charge in [0.05, 0.1) is 12.2 Å². The molecule has 42 heavy (non-hydrogen) atoms. The maximum absolute atomic E-state index is 13.7. The van der Waals surface area contributed by atoms with Crippen molar-refractivity contribution in [2.45, 2.75) is 44.1 Å². The van der Waals surface area contributed by atoms with Gasteiger partial charge in [0.1, 0.15) is 18.4 Å². The number of aromatic nitrogens is 1. The minimum absolute atomic E-state index is 0.0801. The Morgan fingerprint density at radius 3 is 2.50 bits per heavy atom. The summed E-state index contributed by atoms with van der Waals surface area (Å²) in [7, 11) is 0. The van der Waals surface area contributed by atoms with Crippen molar-refractivity contribution in [1.29, 1.82) is 0 Å². The van der Waals surface area contributed by atoms with Gasteiger partial charge in [0, 0.05) is 30.4 Å². The van der Waals surface area contributed by atoms with Gasteiger partial charge >= 0.3 is 12.3 Å². The van der Waals surface area contributed by atoms with Crippen molar-refractivity contribution < 1.29 is 41.5 Å². The fraction of sp³-hybridized carbons (Fsp3) is 0.345. The number of amides is 3. The van der Waals surface area contributed by atoms with Gasteiger partial charge in [-0.05, 0) is 61.2 Å². The maximum atomic E-state index is 13.7. The molecule has 3 atom stereocenters. The van der Waals surface area contributed by atoms with Crippen molar-refractivity contribution in [3.63, 3.8) is 0 Å². The number of nitrogens with zero attached hydrogens (tertiary/aromatic N) is 3. The zero-order chi connectivity index (χ0) is 30.2.